The van der Waals surface area contributed by atoms with Crippen LogP contribution in [0.25, 0.3) is 0 Å². The van der Waals surface area contributed by atoms with Gasteiger partial charge in [-0.15, -0.1) is 0 Å². The van der Waals surface area contributed by atoms with Crippen LogP contribution in [0.15, 0.2) is 21.6 Å². The van der Waals surface area contributed by atoms with Gasteiger partial charge in [0.25, 0.3) is 15.9 Å². The first-order valence-electron chi connectivity index (χ1n) is 6.69. The van der Waals surface area contributed by atoms with Crippen LogP contribution in [0.1, 0.15) is 37.7 Å². The summed E-state index contributed by atoms with van der Waals surface area (Å²) in [5.41, 5.74) is 5.16. The van der Waals surface area contributed by atoms with Gasteiger partial charge in [-0.05, 0) is 38.4 Å². The predicted molar refractivity (Wildman–Crippen MR) is 79.3 cm³/mol. The van der Waals surface area contributed by atoms with Crippen LogP contribution < -0.4 is 15.8 Å². The molecule has 1 aromatic heterocycles. The molecule has 1 unspecified atom stereocenters. The quantitative estimate of drug-likeness (QED) is 0.684. The van der Waals surface area contributed by atoms with Crippen molar-refractivity contribution in [2.75, 3.05) is 13.6 Å². The monoisotopic (exact) mass is 317 g/mol. The number of hydrogen-bond donors (Lipinski definition) is 3. The van der Waals surface area contributed by atoms with Crippen molar-refractivity contribution in [2.24, 2.45) is 11.7 Å². The lowest BCUT2D eigenvalue weighted by Crippen LogP contribution is -2.52. The van der Waals surface area contributed by atoms with E-state index in [0.29, 0.717) is 12.3 Å². The van der Waals surface area contributed by atoms with Gasteiger partial charge in [-0.25, -0.2) is 13.1 Å². The highest BCUT2D eigenvalue weighted by Gasteiger charge is 2.28. The SMILES string of the molecule is CNS(=O)(=O)c1ccc(C(=O)NC(C)(CN)CC(C)C)o1. The summed E-state index contributed by atoms with van der Waals surface area (Å²) in [5, 5.41) is 2.50. The molecule has 0 aliphatic heterocycles. The fourth-order valence-electron chi connectivity index (χ4n) is 2.11. The molecule has 0 fully saturated rings. The zero-order chi connectivity index (χ0) is 16.3. The van der Waals surface area contributed by atoms with Gasteiger partial charge in [0.15, 0.2) is 5.76 Å². The van der Waals surface area contributed by atoms with Crippen molar-refractivity contribution < 1.29 is 17.6 Å². The third kappa shape index (κ3) is 4.55. The van der Waals surface area contributed by atoms with E-state index in [0.717, 1.165) is 0 Å². The van der Waals surface area contributed by atoms with Crippen LogP contribution in [-0.2, 0) is 10.0 Å². The molecule has 21 heavy (non-hydrogen) atoms. The van der Waals surface area contributed by atoms with Gasteiger partial charge < -0.3 is 15.5 Å². The molecule has 0 aromatic carbocycles. The van der Waals surface area contributed by atoms with E-state index in [2.05, 4.69) is 10.0 Å². The maximum Gasteiger partial charge on any atom is 0.287 e. The fraction of sp³-hybridized carbons (Fsp3) is 0.615. The van der Waals surface area contributed by atoms with E-state index in [4.69, 9.17) is 10.2 Å². The number of amides is 1. The Bertz CT molecular complexity index is 594. The van der Waals surface area contributed by atoms with Gasteiger partial charge in [0, 0.05) is 6.54 Å². The lowest BCUT2D eigenvalue weighted by atomic mass is 9.90. The Hall–Kier alpha value is -1.38. The number of carbonyl (C=O) groups is 1. The molecule has 1 amide bonds. The number of furan rings is 1. The average Bonchev–Trinajstić information content (AvgIpc) is 2.88. The van der Waals surface area contributed by atoms with Crippen LogP contribution in [-0.4, -0.2) is 33.5 Å². The first-order valence-corrected chi connectivity index (χ1v) is 8.18. The molecule has 0 radical (unpaired) electrons. The first-order chi connectivity index (χ1) is 9.63. The van der Waals surface area contributed by atoms with E-state index < -0.39 is 21.5 Å². The Balaban J connectivity index is 2.90. The van der Waals surface area contributed by atoms with Gasteiger partial charge >= 0.3 is 0 Å². The van der Waals surface area contributed by atoms with E-state index in [1.165, 1.54) is 19.2 Å². The molecular weight excluding hydrogens is 294 g/mol. The van der Waals surface area contributed by atoms with Gasteiger partial charge in [-0.2, -0.15) is 0 Å². The molecule has 8 heteroatoms. The van der Waals surface area contributed by atoms with Crippen molar-refractivity contribution >= 4 is 15.9 Å². The van der Waals surface area contributed by atoms with Crippen LogP contribution in [0.2, 0.25) is 0 Å². The second kappa shape index (κ2) is 6.59. The summed E-state index contributed by atoms with van der Waals surface area (Å²) in [7, 11) is -2.43. The van der Waals surface area contributed by atoms with Crippen LogP contribution in [0.4, 0.5) is 0 Å². The fourth-order valence-corrected chi connectivity index (χ4v) is 2.76. The molecule has 1 atom stereocenters. The number of sulfonamides is 1. The molecule has 7 nitrogen and oxygen atoms in total. The maximum absolute atomic E-state index is 12.2. The smallest absolute Gasteiger partial charge is 0.287 e. The summed E-state index contributed by atoms with van der Waals surface area (Å²) in [6, 6.07) is 2.56. The summed E-state index contributed by atoms with van der Waals surface area (Å²) in [4.78, 5) is 12.2. The third-order valence-electron chi connectivity index (χ3n) is 3.06. The first kappa shape index (κ1) is 17.7. The van der Waals surface area contributed by atoms with Crippen LogP contribution in [0.5, 0.6) is 0 Å². The minimum Gasteiger partial charge on any atom is -0.438 e. The molecule has 0 saturated heterocycles. The molecule has 0 bridgehead atoms. The molecule has 0 spiro atoms. The van der Waals surface area contributed by atoms with Gasteiger partial charge in [-0.3, -0.25) is 4.79 Å². The van der Waals surface area contributed by atoms with Gasteiger partial charge in [0.2, 0.25) is 5.09 Å². The Morgan fingerprint density at radius 1 is 1.43 bits per heavy atom. The van der Waals surface area contributed by atoms with Crippen molar-refractivity contribution in [2.45, 2.75) is 37.8 Å². The lowest BCUT2D eigenvalue weighted by molar-refractivity contribution is 0.0864. The van der Waals surface area contributed by atoms with Crippen molar-refractivity contribution in [1.82, 2.24) is 10.0 Å². The maximum atomic E-state index is 12.2. The third-order valence-corrected chi connectivity index (χ3v) is 4.35. The highest BCUT2D eigenvalue weighted by Crippen LogP contribution is 2.18. The van der Waals surface area contributed by atoms with E-state index >= 15 is 0 Å². The standard InChI is InChI=1S/C13H23N3O4S/c1-9(2)7-13(3,8-14)16-12(17)10-5-6-11(20-10)21(18,19)15-4/h5-6,9,15H,7-8,14H2,1-4H3,(H,16,17). The van der Waals surface area contributed by atoms with Crippen molar-refractivity contribution in [1.29, 1.82) is 0 Å². The minimum atomic E-state index is -3.70. The second-order valence-electron chi connectivity index (χ2n) is 5.64. The normalized spacial score (nSPS) is 15.0. The van der Waals surface area contributed by atoms with E-state index in [9.17, 15) is 13.2 Å². The van der Waals surface area contributed by atoms with Crippen LogP contribution >= 0.6 is 0 Å². The van der Waals surface area contributed by atoms with Crippen molar-refractivity contribution in [3.05, 3.63) is 17.9 Å². The van der Waals surface area contributed by atoms with Crippen LogP contribution in [0, 0.1) is 5.92 Å². The Morgan fingerprint density at radius 2 is 2.05 bits per heavy atom. The number of nitrogens with two attached hydrogens (primary N) is 1. The Morgan fingerprint density at radius 3 is 2.52 bits per heavy atom. The summed E-state index contributed by atoms with van der Waals surface area (Å²) >= 11 is 0. The molecule has 1 aromatic rings. The van der Waals surface area contributed by atoms with Gasteiger partial charge in [-0.1, -0.05) is 13.8 Å². The number of hydrogen-bond acceptors (Lipinski definition) is 5. The van der Waals surface area contributed by atoms with Crippen molar-refractivity contribution in [3.63, 3.8) is 0 Å². The zero-order valence-corrected chi connectivity index (χ0v) is 13.6. The minimum absolute atomic E-state index is 0.0627. The second-order valence-corrected chi connectivity index (χ2v) is 7.46. The molecular formula is C13H23N3O4S. The summed E-state index contributed by atoms with van der Waals surface area (Å²) in [6.45, 7) is 6.19. The topological polar surface area (TPSA) is 114 Å². The molecule has 120 valence electrons. The average molecular weight is 317 g/mol. The summed E-state index contributed by atoms with van der Waals surface area (Å²) in [5.74, 6) is -0.191. The summed E-state index contributed by atoms with van der Waals surface area (Å²) < 4.78 is 30.3. The van der Waals surface area contributed by atoms with Gasteiger partial charge in [0.1, 0.15) is 0 Å². The molecule has 0 aliphatic rings. The summed E-state index contributed by atoms with van der Waals surface area (Å²) in [6.07, 6.45) is 0.706. The number of nitrogens with one attached hydrogen (secondary N) is 2. The van der Waals surface area contributed by atoms with Crippen molar-refractivity contribution in [3.8, 4) is 0 Å². The lowest BCUT2D eigenvalue weighted by Gasteiger charge is -2.30. The van der Waals surface area contributed by atoms with E-state index in [1.54, 1.807) is 0 Å². The number of rotatable bonds is 7. The van der Waals surface area contributed by atoms with E-state index in [1.807, 2.05) is 20.8 Å². The largest absolute Gasteiger partial charge is 0.438 e. The Kier molecular flexibility index (Phi) is 5.54. The molecule has 0 aliphatic carbocycles. The molecule has 1 rings (SSSR count). The molecule has 0 saturated carbocycles. The molecule has 4 N–H and O–H groups in total. The highest BCUT2D eigenvalue weighted by molar-refractivity contribution is 7.89. The van der Waals surface area contributed by atoms with Crippen LogP contribution in [0.3, 0.4) is 0 Å². The molecule has 1 heterocycles. The predicted octanol–water partition coefficient (Wildman–Crippen LogP) is 0.681. The van der Waals surface area contributed by atoms with E-state index in [-0.39, 0.29) is 17.4 Å². The zero-order valence-electron chi connectivity index (χ0n) is 12.8. The number of carbonyl (C=O) groups excluding carboxylic acids is 1. The Labute approximate surface area is 125 Å². The van der Waals surface area contributed by atoms with Gasteiger partial charge in [0.05, 0.1) is 5.54 Å². The highest BCUT2D eigenvalue weighted by atomic mass is 32.2.